The molecule has 2 aliphatic rings. The summed E-state index contributed by atoms with van der Waals surface area (Å²) in [5.41, 5.74) is 30.1. The molecule has 8 atom stereocenters. The third-order valence-corrected chi connectivity index (χ3v) is 12.6. The number of hydrogen-bond donors (Lipinski definition) is 11. The van der Waals surface area contributed by atoms with Gasteiger partial charge in [-0.05, 0) is 102 Å². The monoisotopic (exact) mass is 965 g/mol. The van der Waals surface area contributed by atoms with Crippen LogP contribution in [0.2, 0.25) is 0 Å². The standard InChI is InChI=1S/C47H76N14O8/c1-5-13-33(41(64)58-35(39(50)62)25-29-26-54-32-16-7-6-14-30(29)32)56-40(63)28(4)55-42(65)36(24-27(2)3)59-44(67)38-19-12-23-61(38)46(69)34(17-8-9-20-48)57-43(66)37-18-11-22-60(37)45(68)31(49)15-10-21-53-47(51)52/h6-7,14,16,26-28,31,33-38,54H,5,8-13,15,17-25,48-49H2,1-4H3,(H2,50,62)(H,55,65)(H,56,63)(H,57,66)(H,58,64)(H,59,67)(H4,51,52,53)/t28-,31-,33-,34-,35-,36-,37-,38-/m0/s1. The minimum Gasteiger partial charge on any atom is -0.370 e. The molecule has 382 valence electrons. The zero-order chi connectivity index (χ0) is 50.8. The first kappa shape index (κ1) is 55.3. The number of rotatable bonds is 27. The average molecular weight is 965 g/mol. The molecule has 2 aliphatic heterocycles. The highest BCUT2D eigenvalue weighted by molar-refractivity contribution is 5.98. The van der Waals surface area contributed by atoms with Gasteiger partial charge in [-0.15, -0.1) is 0 Å². The second-order valence-corrected chi connectivity index (χ2v) is 18.6. The van der Waals surface area contributed by atoms with Crippen LogP contribution in [0, 0.1) is 5.92 Å². The van der Waals surface area contributed by atoms with Crippen LogP contribution in [0.3, 0.4) is 0 Å². The second-order valence-electron chi connectivity index (χ2n) is 18.6. The molecule has 2 fully saturated rings. The molecular formula is C47H76N14O8. The van der Waals surface area contributed by atoms with Gasteiger partial charge in [0.15, 0.2) is 5.96 Å². The van der Waals surface area contributed by atoms with Gasteiger partial charge in [-0.25, -0.2) is 0 Å². The van der Waals surface area contributed by atoms with Crippen LogP contribution >= 0.6 is 0 Å². The van der Waals surface area contributed by atoms with E-state index in [0.717, 1.165) is 16.5 Å². The van der Waals surface area contributed by atoms with Gasteiger partial charge >= 0.3 is 0 Å². The van der Waals surface area contributed by atoms with Gasteiger partial charge in [0.2, 0.25) is 47.3 Å². The van der Waals surface area contributed by atoms with Crippen molar-refractivity contribution in [1.29, 1.82) is 0 Å². The predicted molar refractivity (Wildman–Crippen MR) is 261 cm³/mol. The highest BCUT2D eigenvalue weighted by Crippen LogP contribution is 2.24. The molecule has 0 saturated carbocycles. The van der Waals surface area contributed by atoms with Gasteiger partial charge in [-0.2, -0.15) is 0 Å². The van der Waals surface area contributed by atoms with Crippen molar-refractivity contribution in [1.82, 2.24) is 41.4 Å². The van der Waals surface area contributed by atoms with E-state index in [9.17, 15) is 38.4 Å². The smallest absolute Gasteiger partial charge is 0.245 e. The second kappa shape index (κ2) is 27.0. The molecule has 0 unspecified atom stereocenters. The molecule has 0 bridgehead atoms. The largest absolute Gasteiger partial charge is 0.370 e. The lowest BCUT2D eigenvalue weighted by atomic mass is 10.0. The molecule has 4 rings (SSSR count). The topological polar surface area (TPSA) is 361 Å². The number of carbonyl (C=O) groups excluding carboxylic acids is 8. The van der Waals surface area contributed by atoms with Crippen molar-refractivity contribution >= 4 is 64.1 Å². The number of nitrogens with two attached hydrogens (primary N) is 5. The summed E-state index contributed by atoms with van der Waals surface area (Å²) < 4.78 is 0. The minimum atomic E-state index is -1.14. The maximum absolute atomic E-state index is 14.3. The summed E-state index contributed by atoms with van der Waals surface area (Å²) in [4.78, 5) is 119. The number of para-hydroxylation sites is 1. The number of unbranched alkanes of at least 4 members (excludes halogenated alkanes) is 1. The first-order chi connectivity index (χ1) is 32.9. The van der Waals surface area contributed by atoms with Crippen LogP contribution in [0.25, 0.3) is 10.9 Å². The van der Waals surface area contributed by atoms with Crippen LogP contribution < -0.4 is 55.3 Å². The SMILES string of the molecule is CCC[C@H](NC(=O)[C@H](C)NC(=O)[C@H](CC(C)C)NC(=O)[C@@H]1CCCN1C(=O)[C@H](CCCCN)NC(=O)[C@@H]1CCCN1C(=O)[C@@H](N)CCCN=C(N)N)C(=O)N[C@@H](Cc1c[nH]c2ccccc12)C(N)=O. The number of likely N-dealkylation sites (tertiary alicyclic amines) is 2. The Bertz CT molecular complexity index is 2130. The fourth-order valence-electron chi connectivity index (χ4n) is 8.90. The fourth-order valence-corrected chi connectivity index (χ4v) is 8.90. The zero-order valence-electron chi connectivity index (χ0n) is 40.6. The first-order valence-electron chi connectivity index (χ1n) is 24.3. The number of H-pyrrole nitrogens is 1. The van der Waals surface area contributed by atoms with Gasteiger partial charge in [0.25, 0.3) is 0 Å². The van der Waals surface area contributed by atoms with Crippen molar-refractivity contribution in [3.05, 3.63) is 36.0 Å². The van der Waals surface area contributed by atoms with Gasteiger partial charge in [0.1, 0.15) is 42.3 Å². The molecule has 2 saturated heterocycles. The van der Waals surface area contributed by atoms with Gasteiger partial charge in [-0.3, -0.25) is 43.3 Å². The number of nitrogens with zero attached hydrogens (tertiary/aromatic N) is 3. The summed E-state index contributed by atoms with van der Waals surface area (Å²) in [5, 5.41) is 14.6. The molecule has 22 nitrogen and oxygen atoms in total. The lowest BCUT2D eigenvalue weighted by Gasteiger charge is -2.32. The van der Waals surface area contributed by atoms with Crippen molar-refractivity contribution < 1.29 is 38.4 Å². The van der Waals surface area contributed by atoms with Gasteiger partial charge in [0.05, 0.1) is 6.04 Å². The third-order valence-electron chi connectivity index (χ3n) is 12.6. The number of carbonyl (C=O) groups is 8. The Morgan fingerprint density at radius 2 is 1.33 bits per heavy atom. The van der Waals surface area contributed by atoms with E-state index >= 15 is 0 Å². The predicted octanol–water partition coefficient (Wildman–Crippen LogP) is -1.02. The number of aromatic nitrogens is 1. The summed E-state index contributed by atoms with van der Waals surface area (Å²) in [5.74, 6) is -4.71. The summed E-state index contributed by atoms with van der Waals surface area (Å²) in [7, 11) is 0. The number of aliphatic imine (C=N–C) groups is 1. The molecule has 1 aromatic carbocycles. The summed E-state index contributed by atoms with van der Waals surface area (Å²) in [6.45, 7) is 8.26. The maximum Gasteiger partial charge on any atom is 0.245 e. The Morgan fingerprint density at radius 3 is 1.94 bits per heavy atom. The van der Waals surface area contributed by atoms with Crippen molar-refractivity contribution in [2.24, 2.45) is 39.6 Å². The van der Waals surface area contributed by atoms with Crippen molar-refractivity contribution in [3.8, 4) is 0 Å². The van der Waals surface area contributed by atoms with Crippen LogP contribution in [-0.4, -0.2) is 143 Å². The summed E-state index contributed by atoms with van der Waals surface area (Å²) >= 11 is 0. The number of guanidine groups is 1. The molecule has 3 heterocycles. The number of nitrogens with one attached hydrogen (secondary N) is 6. The molecule has 8 amide bonds. The number of fused-ring (bicyclic) bond motifs is 1. The summed E-state index contributed by atoms with van der Waals surface area (Å²) in [6.07, 6.45) is 6.68. The van der Waals surface area contributed by atoms with Gasteiger partial charge < -0.3 is 70.0 Å². The molecule has 1 aromatic heterocycles. The highest BCUT2D eigenvalue weighted by atomic mass is 16.2. The van der Waals surface area contributed by atoms with E-state index in [1.165, 1.54) is 16.7 Å². The Labute approximate surface area is 404 Å². The van der Waals surface area contributed by atoms with Crippen LogP contribution in [0.4, 0.5) is 0 Å². The number of amides is 8. The number of aromatic amines is 1. The van der Waals surface area contributed by atoms with E-state index in [1.54, 1.807) is 6.20 Å². The van der Waals surface area contributed by atoms with Crippen LogP contribution in [0.5, 0.6) is 0 Å². The van der Waals surface area contributed by atoms with Gasteiger partial charge in [0, 0.05) is 43.2 Å². The Balaban J connectivity index is 1.39. The Hall–Kier alpha value is -6.29. The molecule has 69 heavy (non-hydrogen) atoms. The maximum atomic E-state index is 14.3. The van der Waals surface area contributed by atoms with E-state index in [1.807, 2.05) is 45.0 Å². The minimum absolute atomic E-state index is 0.0610. The Kier molecular flexibility index (Phi) is 21.7. The number of primary amides is 1. The Morgan fingerprint density at radius 1 is 0.725 bits per heavy atom. The number of benzene rings is 1. The first-order valence-corrected chi connectivity index (χ1v) is 24.3. The fraction of sp³-hybridized carbons (Fsp3) is 0.638. The molecule has 22 heteroatoms. The number of hydrogen-bond acceptors (Lipinski definition) is 11. The van der Waals surface area contributed by atoms with E-state index in [2.05, 4.69) is 36.6 Å². The summed E-state index contributed by atoms with van der Waals surface area (Å²) in [6, 6.07) is -0.521. The van der Waals surface area contributed by atoms with Crippen molar-refractivity contribution in [3.63, 3.8) is 0 Å². The average Bonchev–Trinajstić information content (AvgIpc) is 4.10. The molecule has 0 radical (unpaired) electrons. The molecule has 0 spiro atoms. The molecule has 0 aliphatic carbocycles. The quantitative estimate of drug-likeness (QED) is 0.0291. The molecule has 16 N–H and O–H groups in total. The highest BCUT2D eigenvalue weighted by Gasteiger charge is 2.42. The van der Waals surface area contributed by atoms with E-state index < -0.39 is 89.7 Å². The van der Waals surface area contributed by atoms with Crippen LogP contribution in [0.1, 0.15) is 110 Å². The van der Waals surface area contributed by atoms with Gasteiger partial charge in [-0.1, -0.05) is 45.4 Å². The lowest BCUT2D eigenvalue weighted by molar-refractivity contribution is -0.144. The van der Waals surface area contributed by atoms with Crippen LogP contribution in [0.15, 0.2) is 35.5 Å². The van der Waals surface area contributed by atoms with E-state index in [0.29, 0.717) is 77.4 Å². The third kappa shape index (κ3) is 16.2. The van der Waals surface area contributed by atoms with Crippen molar-refractivity contribution in [2.45, 2.75) is 160 Å². The van der Waals surface area contributed by atoms with E-state index in [4.69, 9.17) is 28.7 Å². The molecule has 2 aromatic rings. The normalized spacial score (nSPS) is 18.4. The van der Waals surface area contributed by atoms with Crippen LogP contribution in [-0.2, 0) is 44.8 Å². The van der Waals surface area contributed by atoms with E-state index in [-0.39, 0.29) is 50.0 Å². The molecular weight excluding hydrogens is 889 g/mol. The lowest BCUT2D eigenvalue weighted by Crippen LogP contribution is -2.59. The zero-order valence-corrected chi connectivity index (χ0v) is 40.6. The van der Waals surface area contributed by atoms with Crippen molar-refractivity contribution in [2.75, 3.05) is 26.2 Å².